The molecule has 0 spiro atoms. The number of ether oxygens (including phenoxy) is 2. The first-order valence-electron chi connectivity index (χ1n) is 5.31. The van der Waals surface area contributed by atoms with Crippen LogP contribution in [0.3, 0.4) is 0 Å². The van der Waals surface area contributed by atoms with Gasteiger partial charge in [0.05, 0.1) is 0 Å². The van der Waals surface area contributed by atoms with Gasteiger partial charge in [-0.15, -0.1) is 0 Å². The van der Waals surface area contributed by atoms with E-state index in [0.717, 1.165) is 5.56 Å². The lowest BCUT2D eigenvalue weighted by molar-refractivity contribution is -0.251. The van der Waals surface area contributed by atoms with Crippen LogP contribution in [-0.2, 0) is 15.3 Å². The number of nitrogens with two attached hydrogens (primary N) is 1. The first-order chi connectivity index (χ1) is 7.48. The summed E-state index contributed by atoms with van der Waals surface area (Å²) < 4.78 is 23.9. The van der Waals surface area contributed by atoms with Gasteiger partial charge in [0.1, 0.15) is 12.0 Å². The van der Waals surface area contributed by atoms with Crippen LogP contribution in [-0.4, -0.2) is 12.8 Å². The predicted octanol–water partition coefficient (Wildman–Crippen LogP) is 2.36. The summed E-state index contributed by atoms with van der Waals surface area (Å²) in [5.41, 5.74) is 6.34. The lowest BCUT2D eigenvalue weighted by atomic mass is 10.1. The van der Waals surface area contributed by atoms with Crippen LogP contribution >= 0.6 is 0 Å². The average Bonchev–Trinajstić information content (AvgIpc) is 2.17. The van der Waals surface area contributed by atoms with Gasteiger partial charge in [0.15, 0.2) is 5.79 Å². The fourth-order valence-corrected chi connectivity index (χ4v) is 1.57. The molecule has 0 saturated heterocycles. The van der Waals surface area contributed by atoms with E-state index in [-0.39, 0.29) is 5.82 Å². The Morgan fingerprint density at radius 1 is 1.38 bits per heavy atom. The first kappa shape index (κ1) is 13.1. The van der Waals surface area contributed by atoms with Crippen molar-refractivity contribution in [2.75, 3.05) is 6.61 Å². The van der Waals surface area contributed by atoms with E-state index < -0.39 is 12.0 Å². The van der Waals surface area contributed by atoms with E-state index in [1.165, 1.54) is 12.1 Å². The summed E-state index contributed by atoms with van der Waals surface area (Å²) in [7, 11) is 0. The third kappa shape index (κ3) is 3.27. The van der Waals surface area contributed by atoms with Crippen molar-refractivity contribution in [1.82, 2.24) is 0 Å². The van der Waals surface area contributed by atoms with Gasteiger partial charge in [-0.3, -0.25) is 0 Å². The smallest absolute Gasteiger partial charge is 0.193 e. The van der Waals surface area contributed by atoms with Crippen molar-refractivity contribution in [3.63, 3.8) is 0 Å². The highest BCUT2D eigenvalue weighted by molar-refractivity contribution is 5.20. The number of benzene rings is 1. The molecular weight excluding hydrogens is 209 g/mol. The lowest BCUT2D eigenvalue weighted by Crippen LogP contribution is -2.36. The minimum absolute atomic E-state index is 0.289. The second-order valence-electron chi connectivity index (χ2n) is 3.71. The molecule has 0 aliphatic carbocycles. The molecule has 0 fully saturated rings. The molecule has 2 atom stereocenters. The van der Waals surface area contributed by atoms with Crippen LogP contribution in [0, 0.1) is 5.82 Å². The molecule has 0 amide bonds. The standard InChI is InChI=1S/C12H18FNO2/c1-4-15-12(3,16-9(2)14)10-5-7-11(13)8-6-10/h5-9H,4,14H2,1-3H3. The Labute approximate surface area is 95.4 Å². The highest BCUT2D eigenvalue weighted by atomic mass is 19.1. The second kappa shape index (κ2) is 5.39. The molecule has 0 saturated carbocycles. The van der Waals surface area contributed by atoms with Crippen molar-refractivity contribution in [3.8, 4) is 0 Å². The van der Waals surface area contributed by atoms with Gasteiger partial charge in [-0.2, -0.15) is 0 Å². The largest absolute Gasteiger partial charge is 0.346 e. The fraction of sp³-hybridized carbons (Fsp3) is 0.500. The monoisotopic (exact) mass is 227 g/mol. The molecule has 0 aromatic heterocycles. The molecule has 2 unspecified atom stereocenters. The molecule has 3 nitrogen and oxygen atoms in total. The van der Waals surface area contributed by atoms with Gasteiger partial charge in [-0.1, -0.05) is 12.1 Å². The topological polar surface area (TPSA) is 44.5 Å². The van der Waals surface area contributed by atoms with Crippen LogP contribution in [0.4, 0.5) is 4.39 Å². The molecule has 0 radical (unpaired) electrons. The zero-order valence-corrected chi connectivity index (χ0v) is 9.87. The van der Waals surface area contributed by atoms with Gasteiger partial charge < -0.3 is 15.2 Å². The van der Waals surface area contributed by atoms with Crippen molar-refractivity contribution in [3.05, 3.63) is 35.6 Å². The average molecular weight is 227 g/mol. The highest BCUT2D eigenvalue weighted by Crippen LogP contribution is 2.27. The van der Waals surface area contributed by atoms with Gasteiger partial charge in [0.2, 0.25) is 0 Å². The second-order valence-corrected chi connectivity index (χ2v) is 3.71. The predicted molar refractivity (Wildman–Crippen MR) is 60.1 cm³/mol. The number of rotatable bonds is 5. The van der Waals surface area contributed by atoms with E-state index in [9.17, 15) is 4.39 Å². The Morgan fingerprint density at radius 3 is 2.38 bits per heavy atom. The number of halogens is 1. The maximum absolute atomic E-state index is 12.8. The molecule has 0 aliphatic heterocycles. The summed E-state index contributed by atoms with van der Waals surface area (Å²) in [6.07, 6.45) is -0.457. The molecule has 16 heavy (non-hydrogen) atoms. The van der Waals surface area contributed by atoms with Crippen molar-refractivity contribution >= 4 is 0 Å². The zero-order chi connectivity index (χ0) is 12.2. The van der Waals surface area contributed by atoms with Crippen LogP contribution in [0.1, 0.15) is 26.3 Å². The third-order valence-corrected chi connectivity index (χ3v) is 2.20. The van der Waals surface area contributed by atoms with Crippen LogP contribution < -0.4 is 5.73 Å². The Balaban J connectivity index is 2.95. The SMILES string of the molecule is CCOC(C)(OC(C)N)c1ccc(F)cc1. The lowest BCUT2D eigenvalue weighted by Gasteiger charge is -2.31. The zero-order valence-electron chi connectivity index (χ0n) is 9.87. The maximum atomic E-state index is 12.8. The number of hydrogen-bond acceptors (Lipinski definition) is 3. The summed E-state index contributed by atoms with van der Waals surface area (Å²) in [4.78, 5) is 0. The normalized spacial score (nSPS) is 16.8. The molecule has 1 aromatic rings. The molecule has 2 N–H and O–H groups in total. The van der Waals surface area contributed by atoms with E-state index >= 15 is 0 Å². The van der Waals surface area contributed by atoms with Crippen LogP contribution in [0.25, 0.3) is 0 Å². The molecule has 0 heterocycles. The Morgan fingerprint density at radius 2 is 1.94 bits per heavy atom. The van der Waals surface area contributed by atoms with E-state index in [1.807, 2.05) is 6.92 Å². The van der Waals surface area contributed by atoms with Gasteiger partial charge in [0, 0.05) is 12.2 Å². The van der Waals surface area contributed by atoms with E-state index in [1.54, 1.807) is 26.0 Å². The molecule has 0 aliphatic rings. The molecule has 0 bridgehead atoms. The van der Waals surface area contributed by atoms with Gasteiger partial charge in [-0.25, -0.2) is 4.39 Å². The summed E-state index contributed by atoms with van der Waals surface area (Å²) in [5, 5.41) is 0. The molecule has 1 aromatic carbocycles. The fourth-order valence-electron chi connectivity index (χ4n) is 1.57. The van der Waals surface area contributed by atoms with E-state index in [0.29, 0.717) is 6.61 Å². The minimum Gasteiger partial charge on any atom is -0.346 e. The summed E-state index contributed by atoms with van der Waals surface area (Å²) in [6.45, 7) is 5.85. The Kier molecular flexibility index (Phi) is 4.41. The van der Waals surface area contributed by atoms with Crippen LogP contribution in [0.5, 0.6) is 0 Å². The molecular formula is C12H18FNO2. The summed E-state index contributed by atoms with van der Waals surface area (Å²) >= 11 is 0. The van der Waals surface area contributed by atoms with Crippen molar-refractivity contribution in [1.29, 1.82) is 0 Å². The van der Waals surface area contributed by atoms with Crippen molar-refractivity contribution in [2.45, 2.75) is 32.8 Å². The van der Waals surface area contributed by atoms with Crippen molar-refractivity contribution in [2.24, 2.45) is 5.73 Å². The maximum Gasteiger partial charge on any atom is 0.193 e. The first-order valence-corrected chi connectivity index (χ1v) is 5.31. The highest BCUT2D eigenvalue weighted by Gasteiger charge is 2.29. The van der Waals surface area contributed by atoms with Crippen LogP contribution in [0.2, 0.25) is 0 Å². The molecule has 1 rings (SSSR count). The summed E-state index contributed by atoms with van der Waals surface area (Å²) in [6, 6.07) is 6.01. The minimum atomic E-state index is -0.934. The van der Waals surface area contributed by atoms with E-state index in [4.69, 9.17) is 15.2 Å². The molecule has 90 valence electrons. The van der Waals surface area contributed by atoms with Gasteiger partial charge in [0.25, 0.3) is 0 Å². The number of hydrogen-bond donors (Lipinski definition) is 1. The van der Waals surface area contributed by atoms with Crippen LogP contribution in [0.15, 0.2) is 24.3 Å². The molecule has 4 heteroatoms. The quantitative estimate of drug-likeness (QED) is 0.785. The van der Waals surface area contributed by atoms with Gasteiger partial charge >= 0.3 is 0 Å². The Bertz CT molecular complexity index is 326. The van der Waals surface area contributed by atoms with Gasteiger partial charge in [-0.05, 0) is 32.9 Å². The third-order valence-electron chi connectivity index (χ3n) is 2.20. The van der Waals surface area contributed by atoms with Crippen molar-refractivity contribution < 1.29 is 13.9 Å². The summed E-state index contributed by atoms with van der Waals surface area (Å²) in [5.74, 6) is -1.22. The Hall–Kier alpha value is -0.970. The van der Waals surface area contributed by atoms with E-state index in [2.05, 4.69) is 0 Å².